The minimum absolute atomic E-state index is 0.108. The average molecular weight is 228 g/mol. The summed E-state index contributed by atoms with van der Waals surface area (Å²) in [5.41, 5.74) is 6.11. The number of hydrogen-bond acceptors (Lipinski definition) is 5. The molecule has 4 N–H and O–H groups in total. The highest BCUT2D eigenvalue weighted by Gasteiger charge is 2.18. The summed E-state index contributed by atoms with van der Waals surface area (Å²) in [4.78, 5) is 13.4. The van der Waals surface area contributed by atoms with Gasteiger partial charge in [-0.15, -0.1) is 0 Å². The van der Waals surface area contributed by atoms with Crippen LogP contribution in [-0.4, -0.2) is 59.5 Å². The predicted octanol–water partition coefficient (Wildman–Crippen LogP) is -0.927. The Morgan fingerprint density at radius 3 is 2.94 bits per heavy atom. The van der Waals surface area contributed by atoms with E-state index >= 15 is 0 Å². The number of nitrogen functional groups attached to an aromatic ring is 1. The Balaban J connectivity index is 2.70. The number of rotatable bonds is 6. The smallest absolute Gasteiger partial charge is 0.274 e. The maximum Gasteiger partial charge on any atom is 0.274 e. The maximum absolute atomic E-state index is 11.9. The van der Waals surface area contributed by atoms with Crippen LogP contribution in [0, 0.1) is 0 Å². The summed E-state index contributed by atoms with van der Waals surface area (Å²) < 4.78 is 4.88. The van der Waals surface area contributed by atoms with Crippen molar-refractivity contribution in [1.82, 2.24) is 15.1 Å². The number of nitrogens with one attached hydrogen (secondary N) is 1. The summed E-state index contributed by atoms with van der Waals surface area (Å²) in [5, 5.41) is 15.1. The van der Waals surface area contributed by atoms with Crippen LogP contribution in [0.2, 0.25) is 0 Å². The zero-order chi connectivity index (χ0) is 12.0. The van der Waals surface area contributed by atoms with Gasteiger partial charge >= 0.3 is 0 Å². The van der Waals surface area contributed by atoms with Gasteiger partial charge in [-0.25, -0.2) is 0 Å². The van der Waals surface area contributed by atoms with Crippen LogP contribution >= 0.6 is 0 Å². The van der Waals surface area contributed by atoms with E-state index in [4.69, 9.17) is 15.6 Å². The molecule has 1 amide bonds. The molecule has 0 aliphatic heterocycles. The number of ether oxygens (including phenoxy) is 1. The molecule has 1 aromatic rings. The van der Waals surface area contributed by atoms with E-state index in [1.165, 1.54) is 11.1 Å². The van der Waals surface area contributed by atoms with Crippen LogP contribution in [0.15, 0.2) is 6.20 Å². The van der Waals surface area contributed by atoms with Crippen molar-refractivity contribution >= 4 is 11.6 Å². The summed E-state index contributed by atoms with van der Waals surface area (Å²) in [6.45, 7) is 0.929. The lowest BCUT2D eigenvalue weighted by Gasteiger charge is -2.20. The van der Waals surface area contributed by atoms with Crippen molar-refractivity contribution in [3.8, 4) is 0 Å². The van der Waals surface area contributed by atoms with Crippen LogP contribution in [0.5, 0.6) is 0 Å². The molecule has 0 aromatic carbocycles. The number of anilines is 1. The van der Waals surface area contributed by atoms with Crippen molar-refractivity contribution in [3.63, 3.8) is 0 Å². The molecule has 0 bridgehead atoms. The van der Waals surface area contributed by atoms with Crippen molar-refractivity contribution in [1.29, 1.82) is 0 Å². The molecule has 16 heavy (non-hydrogen) atoms. The fourth-order valence-corrected chi connectivity index (χ4v) is 1.26. The number of amides is 1. The van der Waals surface area contributed by atoms with Gasteiger partial charge in [-0.2, -0.15) is 5.10 Å². The molecule has 0 saturated heterocycles. The van der Waals surface area contributed by atoms with E-state index in [-0.39, 0.29) is 24.8 Å². The van der Waals surface area contributed by atoms with Gasteiger partial charge in [0.15, 0.2) is 0 Å². The monoisotopic (exact) mass is 228 g/mol. The Labute approximate surface area is 93.2 Å². The lowest BCUT2D eigenvalue weighted by molar-refractivity contribution is 0.0652. The molecule has 0 unspecified atom stereocenters. The van der Waals surface area contributed by atoms with Gasteiger partial charge in [0.05, 0.1) is 25.1 Å². The fraction of sp³-hybridized carbons (Fsp3) is 0.556. The molecule has 0 saturated carbocycles. The molecule has 0 fully saturated rings. The first-order chi connectivity index (χ1) is 7.70. The number of aromatic nitrogens is 2. The summed E-state index contributed by atoms with van der Waals surface area (Å²) in [7, 11) is 1.55. The van der Waals surface area contributed by atoms with Gasteiger partial charge in [-0.1, -0.05) is 0 Å². The highest BCUT2D eigenvalue weighted by atomic mass is 16.5. The Kier molecular flexibility index (Phi) is 4.74. The van der Waals surface area contributed by atoms with Crippen LogP contribution < -0.4 is 5.73 Å². The largest absolute Gasteiger partial charge is 0.396 e. The molecule has 7 nitrogen and oxygen atoms in total. The third kappa shape index (κ3) is 2.94. The first kappa shape index (κ1) is 12.5. The Morgan fingerprint density at radius 2 is 2.44 bits per heavy atom. The van der Waals surface area contributed by atoms with Crippen LogP contribution in [0.4, 0.5) is 5.69 Å². The third-order valence-electron chi connectivity index (χ3n) is 2.10. The maximum atomic E-state index is 11.9. The van der Waals surface area contributed by atoms with Crippen LogP contribution in [0.25, 0.3) is 0 Å². The van der Waals surface area contributed by atoms with Crippen molar-refractivity contribution in [2.24, 2.45) is 0 Å². The number of methoxy groups -OCH3 is 1. The van der Waals surface area contributed by atoms with Crippen LogP contribution in [0.3, 0.4) is 0 Å². The molecule has 1 heterocycles. The second-order valence-electron chi connectivity index (χ2n) is 3.21. The minimum Gasteiger partial charge on any atom is -0.396 e. The first-order valence-electron chi connectivity index (χ1n) is 4.88. The Bertz CT molecular complexity index is 339. The van der Waals surface area contributed by atoms with Crippen molar-refractivity contribution in [3.05, 3.63) is 11.9 Å². The molecule has 0 spiro atoms. The lowest BCUT2D eigenvalue weighted by atomic mass is 10.3. The van der Waals surface area contributed by atoms with E-state index in [0.717, 1.165) is 0 Å². The zero-order valence-corrected chi connectivity index (χ0v) is 9.14. The number of aromatic amines is 1. The molecule has 90 valence electrons. The quantitative estimate of drug-likeness (QED) is 0.583. The standard InChI is InChI=1S/C9H16N4O3/c1-16-5-3-13(2-4-14)9(15)8-7(10)6-11-12-8/h6,14H,2-5,10H2,1H3,(H,11,12). The number of aliphatic hydroxyl groups is 1. The molecular weight excluding hydrogens is 212 g/mol. The molecule has 0 aliphatic rings. The van der Waals surface area contributed by atoms with Gasteiger partial charge in [0, 0.05) is 20.2 Å². The highest BCUT2D eigenvalue weighted by Crippen LogP contribution is 2.09. The minimum atomic E-state index is -0.291. The van der Waals surface area contributed by atoms with Gasteiger partial charge < -0.3 is 20.5 Å². The third-order valence-corrected chi connectivity index (χ3v) is 2.10. The highest BCUT2D eigenvalue weighted by molar-refractivity contribution is 5.96. The topological polar surface area (TPSA) is 104 Å². The number of hydrogen-bond donors (Lipinski definition) is 3. The fourth-order valence-electron chi connectivity index (χ4n) is 1.26. The molecule has 0 atom stereocenters. The summed E-state index contributed by atoms with van der Waals surface area (Å²) >= 11 is 0. The van der Waals surface area contributed by atoms with E-state index in [0.29, 0.717) is 18.8 Å². The van der Waals surface area contributed by atoms with Crippen molar-refractivity contribution in [2.75, 3.05) is 39.1 Å². The van der Waals surface area contributed by atoms with E-state index in [1.807, 2.05) is 0 Å². The second-order valence-corrected chi connectivity index (χ2v) is 3.21. The number of carbonyl (C=O) groups excluding carboxylic acids is 1. The molecule has 7 heteroatoms. The van der Waals surface area contributed by atoms with E-state index in [2.05, 4.69) is 10.2 Å². The van der Waals surface area contributed by atoms with E-state index in [1.54, 1.807) is 7.11 Å². The van der Waals surface area contributed by atoms with Gasteiger partial charge in [-0.3, -0.25) is 9.89 Å². The number of H-pyrrole nitrogens is 1. The summed E-state index contributed by atoms with van der Waals surface area (Å²) in [6, 6.07) is 0. The Hall–Kier alpha value is -1.60. The number of carbonyl (C=O) groups is 1. The molecule has 1 rings (SSSR count). The molecule has 0 aliphatic carbocycles. The predicted molar refractivity (Wildman–Crippen MR) is 57.9 cm³/mol. The lowest BCUT2D eigenvalue weighted by Crippen LogP contribution is -2.36. The van der Waals surface area contributed by atoms with Gasteiger partial charge in [-0.05, 0) is 0 Å². The van der Waals surface area contributed by atoms with Crippen LogP contribution in [0.1, 0.15) is 10.5 Å². The van der Waals surface area contributed by atoms with Gasteiger partial charge in [0.2, 0.25) is 0 Å². The molecule has 0 radical (unpaired) electrons. The van der Waals surface area contributed by atoms with Gasteiger partial charge in [0.1, 0.15) is 5.69 Å². The molecule has 1 aromatic heterocycles. The van der Waals surface area contributed by atoms with E-state index in [9.17, 15) is 4.79 Å². The van der Waals surface area contributed by atoms with Gasteiger partial charge in [0.25, 0.3) is 5.91 Å². The van der Waals surface area contributed by atoms with Crippen molar-refractivity contribution in [2.45, 2.75) is 0 Å². The molecular formula is C9H16N4O3. The SMILES string of the molecule is COCCN(CCO)C(=O)c1[nH]ncc1N. The first-order valence-corrected chi connectivity index (χ1v) is 4.88. The zero-order valence-electron chi connectivity index (χ0n) is 9.14. The normalized spacial score (nSPS) is 10.4. The average Bonchev–Trinajstić information content (AvgIpc) is 2.69. The Morgan fingerprint density at radius 1 is 1.69 bits per heavy atom. The number of nitrogens with zero attached hydrogens (tertiary/aromatic N) is 2. The van der Waals surface area contributed by atoms with Crippen molar-refractivity contribution < 1.29 is 14.6 Å². The number of nitrogens with two attached hydrogens (primary N) is 1. The second kappa shape index (κ2) is 6.09. The summed E-state index contributed by atoms with van der Waals surface area (Å²) in [5.74, 6) is -0.291. The number of aliphatic hydroxyl groups excluding tert-OH is 1. The van der Waals surface area contributed by atoms with Crippen LogP contribution in [-0.2, 0) is 4.74 Å². The van der Waals surface area contributed by atoms with E-state index < -0.39 is 0 Å². The summed E-state index contributed by atoms with van der Waals surface area (Å²) in [6.07, 6.45) is 1.38.